The van der Waals surface area contributed by atoms with E-state index in [9.17, 15) is 9.59 Å². The molecule has 0 aliphatic carbocycles. The van der Waals surface area contributed by atoms with Crippen molar-refractivity contribution in [3.8, 4) is 0 Å². The molecule has 0 radical (unpaired) electrons. The second kappa shape index (κ2) is 4.97. The number of aromatic amines is 2. The highest BCUT2D eigenvalue weighted by atomic mass is 16.1. The van der Waals surface area contributed by atoms with E-state index in [1.807, 2.05) is 30.1 Å². The number of H-pyrrole nitrogens is 2. The maximum Gasteiger partial charge on any atom is 0.323 e. The number of hydrogen-bond acceptors (Lipinski definition) is 3. The average molecular weight is 233 g/mol. The first-order valence-corrected chi connectivity index (χ1v) is 5.52. The maximum atomic E-state index is 11.1. The van der Waals surface area contributed by atoms with Gasteiger partial charge < -0.3 is 14.8 Å². The number of nitrogens with one attached hydrogen (secondary N) is 2. The van der Waals surface area contributed by atoms with Gasteiger partial charge in [-0.05, 0) is 31.2 Å². The van der Waals surface area contributed by atoms with Gasteiger partial charge in [-0.2, -0.15) is 0 Å². The number of aromatic nitrogens is 2. The van der Waals surface area contributed by atoms with Crippen LogP contribution in [0.3, 0.4) is 0 Å². The summed E-state index contributed by atoms with van der Waals surface area (Å²) in [6.07, 6.45) is 1.75. The Morgan fingerprint density at radius 1 is 1.29 bits per heavy atom. The van der Waals surface area contributed by atoms with Crippen LogP contribution in [-0.2, 0) is 11.2 Å². The minimum atomic E-state index is -0.185. The molecule has 0 spiro atoms. The Labute approximate surface area is 98.4 Å². The summed E-state index contributed by atoms with van der Waals surface area (Å²) >= 11 is 0. The predicted molar refractivity (Wildman–Crippen MR) is 66.2 cm³/mol. The molecule has 5 nitrogen and oxygen atoms in total. The van der Waals surface area contributed by atoms with Gasteiger partial charge in [0, 0.05) is 6.54 Å². The molecular formula is C12H15N3O2. The highest BCUT2D eigenvalue weighted by molar-refractivity contribution is 5.74. The number of fused-ring (bicyclic) bond motifs is 1. The van der Waals surface area contributed by atoms with E-state index in [1.165, 1.54) is 0 Å². The number of aldehydes is 1. The number of benzene rings is 1. The van der Waals surface area contributed by atoms with Crippen molar-refractivity contribution in [2.45, 2.75) is 6.42 Å². The predicted octanol–water partition coefficient (Wildman–Crippen LogP) is 0.529. The van der Waals surface area contributed by atoms with Crippen molar-refractivity contribution in [2.24, 2.45) is 0 Å². The van der Waals surface area contributed by atoms with Gasteiger partial charge in [-0.15, -0.1) is 0 Å². The molecule has 2 N–H and O–H groups in total. The number of nitrogens with zero attached hydrogens (tertiary/aromatic N) is 1. The van der Waals surface area contributed by atoms with Gasteiger partial charge in [-0.25, -0.2) is 4.79 Å². The Kier molecular flexibility index (Phi) is 3.39. The zero-order chi connectivity index (χ0) is 12.3. The Balaban J connectivity index is 2.08. The first kappa shape index (κ1) is 11.6. The van der Waals surface area contributed by atoms with E-state index >= 15 is 0 Å². The lowest BCUT2D eigenvalue weighted by atomic mass is 10.1. The molecule has 0 unspecified atom stereocenters. The lowest BCUT2D eigenvalue weighted by Crippen LogP contribution is -2.23. The minimum Gasteiger partial charge on any atom is -0.306 e. The minimum absolute atomic E-state index is 0.185. The largest absolute Gasteiger partial charge is 0.323 e. The molecule has 0 saturated heterocycles. The molecule has 2 rings (SSSR count). The lowest BCUT2D eigenvalue weighted by molar-refractivity contribution is -0.108. The molecule has 0 amide bonds. The molecule has 2 aromatic rings. The van der Waals surface area contributed by atoms with Crippen LogP contribution >= 0.6 is 0 Å². The van der Waals surface area contributed by atoms with Gasteiger partial charge in [0.15, 0.2) is 0 Å². The number of rotatable bonds is 5. The van der Waals surface area contributed by atoms with E-state index in [-0.39, 0.29) is 5.69 Å². The van der Waals surface area contributed by atoms with Crippen LogP contribution < -0.4 is 5.69 Å². The highest BCUT2D eigenvalue weighted by Crippen LogP contribution is 2.10. The van der Waals surface area contributed by atoms with Crippen molar-refractivity contribution >= 4 is 17.3 Å². The van der Waals surface area contributed by atoms with Crippen LogP contribution in [0.4, 0.5) is 0 Å². The van der Waals surface area contributed by atoms with Crippen molar-refractivity contribution < 1.29 is 4.79 Å². The molecular weight excluding hydrogens is 218 g/mol. The average Bonchev–Trinajstić information content (AvgIpc) is 2.66. The van der Waals surface area contributed by atoms with Gasteiger partial charge in [0.25, 0.3) is 0 Å². The maximum absolute atomic E-state index is 11.1. The fourth-order valence-electron chi connectivity index (χ4n) is 1.77. The van der Waals surface area contributed by atoms with Crippen LogP contribution in [0, 0.1) is 0 Å². The zero-order valence-electron chi connectivity index (χ0n) is 9.69. The SMILES string of the molecule is CN(CC=O)CCc1ccc2[nH]c(=O)[nH]c2c1. The van der Waals surface area contributed by atoms with E-state index in [0.717, 1.165) is 35.8 Å². The monoisotopic (exact) mass is 233 g/mol. The molecule has 0 aliphatic heterocycles. The van der Waals surface area contributed by atoms with Crippen LogP contribution in [0.2, 0.25) is 0 Å². The number of imidazole rings is 1. The first-order valence-electron chi connectivity index (χ1n) is 5.52. The third kappa shape index (κ3) is 2.82. The van der Waals surface area contributed by atoms with Crippen molar-refractivity contribution in [3.05, 3.63) is 34.2 Å². The van der Waals surface area contributed by atoms with Crippen LogP contribution in [0.25, 0.3) is 11.0 Å². The summed E-state index contributed by atoms with van der Waals surface area (Å²) in [5.41, 5.74) is 2.60. The zero-order valence-corrected chi connectivity index (χ0v) is 9.69. The third-order valence-electron chi connectivity index (χ3n) is 2.75. The number of hydrogen-bond donors (Lipinski definition) is 2. The topological polar surface area (TPSA) is 69.0 Å². The number of carbonyl (C=O) groups is 1. The van der Waals surface area contributed by atoms with Gasteiger partial charge in [0.1, 0.15) is 6.29 Å². The number of likely N-dealkylation sites (N-methyl/N-ethyl adjacent to an activating group) is 1. The van der Waals surface area contributed by atoms with Crippen molar-refractivity contribution in [1.82, 2.24) is 14.9 Å². The summed E-state index contributed by atoms with van der Waals surface area (Å²) in [7, 11) is 1.91. The van der Waals surface area contributed by atoms with E-state index in [1.54, 1.807) is 0 Å². The molecule has 17 heavy (non-hydrogen) atoms. The van der Waals surface area contributed by atoms with Gasteiger partial charge >= 0.3 is 5.69 Å². The van der Waals surface area contributed by atoms with E-state index in [0.29, 0.717) is 6.54 Å². The molecule has 0 bridgehead atoms. The van der Waals surface area contributed by atoms with Crippen LogP contribution in [0.1, 0.15) is 5.56 Å². The quantitative estimate of drug-likeness (QED) is 0.740. The molecule has 1 aromatic heterocycles. The Morgan fingerprint density at radius 2 is 2.06 bits per heavy atom. The molecule has 0 saturated carbocycles. The molecule has 5 heteroatoms. The Morgan fingerprint density at radius 3 is 2.82 bits per heavy atom. The third-order valence-corrected chi connectivity index (χ3v) is 2.75. The fraction of sp³-hybridized carbons (Fsp3) is 0.333. The van der Waals surface area contributed by atoms with Crippen molar-refractivity contribution in [3.63, 3.8) is 0 Å². The van der Waals surface area contributed by atoms with Crippen LogP contribution in [-0.4, -0.2) is 41.3 Å². The first-order chi connectivity index (χ1) is 8.19. The molecule has 1 aromatic carbocycles. The van der Waals surface area contributed by atoms with E-state index in [4.69, 9.17) is 0 Å². The summed E-state index contributed by atoms with van der Waals surface area (Å²) in [4.78, 5) is 28.8. The summed E-state index contributed by atoms with van der Waals surface area (Å²) in [5.74, 6) is 0. The number of carbonyl (C=O) groups excluding carboxylic acids is 1. The lowest BCUT2D eigenvalue weighted by Gasteiger charge is -2.12. The van der Waals surface area contributed by atoms with Gasteiger partial charge in [0.05, 0.1) is 17.6 Å². The smallest absolute Gasteiger partial charge is 0.306 e. The van der Waals surface area contributed by atoms with Gasteiger partial charge in [-0.3, -0.25) is 4.90 Å². The van der Waals surface area contributed by atoms with Crippen molar-refractivity contribution in [2.75, 3.05) is 20.1 Å². The standard InChI is InChI=1S/C12H15N3O2/c1-15(6-7-16)5-4-9-2-3-10-11(8-9)14-12(17)13-10/h2-3,7-8H,4-6H2,1H3,(H2,13,14,17). The normalized spacial score (nSPS) is 11.2. The van der Waals surface area contributed by atoms with Gasteiger partial charge in [0.2, 0.25) is 0 Å². The summed E-state index contributed by atoms with van der Waals surface area (Å²) in [5, 5.41) is 0. The second-order valence-electron chi connectivity index (χ2n) is 4.14. The molecule has 1 heterocycles. The van der Waals surface area contributed by atoms with Crippen LogP contribution in [0.5, 0.6) is 0 Å². The molecule has 0 fully saturated rings. The van der Waals surface area contributed by atoms with Gasteiger partial charge in [-0.1, -0.05) is 6.07 Å². The van der Waals surface area contributed by atoms with Crippen LogP contribution in [0.15, 0.2) is 23.0 Å². The summed E-state index contributed by atoms with van der Waals surface area (Å²) in [6.45, 7) is 1.27. The molecule has 90 valence electrons. The summed E-state index contributed by atoms with van der Waals surface area (Å²) in [6, 6.07) is 5.84. The van der Waals surface area contributed by atoms with E-state index < -0.39 is 0 Å². The molecule has 0 aliphatic rings. The van der Waals surface area contributed by atoms with E-state index in [2.05, 4.69) is 9.97 Å². The summed E-state index contributed by atoms with van der Waals surface area (Å²) < 4.78 is 0. The molecule has 0 atom stereocenters. The second-order valence-corrected chi connectivity index (χ2v) is 4.14. The fourth-order valence-corrected chi connectivity index (χ4v) is 1.77. The Bertz CT molecular complexity index is 570. The Hall–Kier alpha value is -1.88. The van der Waals surface area contributed by atoms with Crippen molar-refractivity contribution in [1.29, 1.82) is 0 Å². The highest BCUT2D eigenvalue weighted by Gasteiger charge is 2.02.